The van der Waals surface area contributed by atoms with Gasteiger partial charge in [-0.1, -0.05) is 35.6 Å². The fraction of sp³-hybridized carbons (Fsp3) is 0.259. The molecule has 186 valence electrons. The molecule has 3 aromatic rings. The van der Waals surface area contributed by atoms with Gasteiger partial charge in [0.05, 0.1) is 41.1 Å². The number of rotatable bonds is 6. The molecule has 0 saturated heterocycles. The van der Waals surface area contributed by atoms with Crippen LogP contribution in [0, 0.1) is 0 Å². The Morgan fingerprint density at radius 1 is 1.08 bits per heavy atom. The number of hydrogen-bond acceptors (Lipinski definition) is 8. The summed E-state index contributed by atoms with van der Waals surface area (Å²) in [5, 5.41) is 0. The molecule has 0 bridgehead atoms. The maximum Gasteiger partial charge on any atom is 0.338 e. The molecular weight excluding hydrogens is 478 g/mol. The second-order valence-corrected chi connectivity index (χ2v) is 9.41. The van der Waals surface area contributed by atoms with Crippen LogP contribution in [0.25, 0.3) is 6.08 Å². The first kappa shape index (κ1) is 25.1. The van der Waals surface area contributed by atoms with E-state index in [-0.39, 0.29) is 12.2 Å². The van der Waals surface area contributed by atoms with Crippen molar-refractivity contribution in [2.24, 2.45) is 4.99 Å². The van der Waals surface area contributed by atoms with Crippen molar-refractivity contribution in [2.45, 2.75) is 19.9 Å². The van der Waals surface area contributed by atoms with Crippen molar-refractivity contribution in [3.05, 3.63) is 96.2 Å². The molecule has 0 radical (unpaired) electrons. The molecule has 4 rings (SSSR count). The predicted octanol–water partition coefficient (Wildman–Crippen LogP) is 2.65. The van der Waals surface area contributed by atoms with Gasteiger partial charge < -0.3 is 14.4 Å². The van der Waals surface area contributed by atoms with E-state index in [2.05, 4.69) is 4.99 Å². The number of benzene rings is 2. The molecule has 36 heavy (non-hydrogen) atoms. The molecule has 2 heterocycles. The van der Waals surface area contributed by atoms with Crippen molar-refractivity contribution in [2.75, 3.05) is 32.7 Å². The first-order valence-corrected chi connectivity index (χ1v) is 12.2. The number of nitrogens with zero attached hydrogens (tertiary/aromatic N) is 3. The maximum atomic E-state index is 13.7. The molecule has 0 saturated carbocycles. The van der Waals surface area contributed by atoms with E-state index in [4.69, 9.17) is 9.47 Å². The van der Waals surface area contributed by atoms with Gasteiger partial charge in [-0.2, -0.15) is 0 Å². The van der Waals surface area contributed by atoms with Crippen LogP contribution in [-0.4, -0.2) is 44.3 Å². The van der Waals surface area contributed by atoms with Gasteiger partial charge in [-0.25, -0.2) is 14.6 Å². The zero-order valence-corrected chi connectivity index (χ0v) is 21.6. The van der Waals surface area contributed by atoms with E-state index in [9.17, 15) is 14.4 Å². The minimum atomic E-state index is -0.666. The second-order valence-electron chi connectivity index (χ2n) is 8.40. The van der Waals surface area contributed by atoms with Crippen molar-refractivity contribution in [3.8, 4) is 0 Å². The van der Waals surface area contributed by atoms with Crippen molar-refractivity contribution < 1.29 is 19.1 Å². The smallest absolute Gasteiger partial charge is 0.338 e. The van der Waals surface area contributed by atoms with E-state index in [0.29, 0.717) is 26.2 Å². The van der Waals surface area contributed by atoms with Crippen LogP contribution >= 0.6 is 11.3 Å². The topological polar surface area (TPSA) is 90.2 Å². The summed E-state index contributed by atoms with van der Waals surface area (Å²) in [5.41, 5.74) is 3.56. The summed E-state index contributed by atoms with van der Waals surface area (Å²) in [7, 11) is 5.22. The molecule has 1 aliphatic rings. The fourth-order valence-electron chi connectivity index (χ4n) is 4.05. The van der Waals surface area contributed by atoms with Gasteiger partial charge in [0, 0.05) is 19.8 Å². The number of thiazole rings is 1. The lowest BCUT2D eigenvalue weighted by Crippen LogP contribution is -2.39. The number of allylic oxidation sites excluding steroid dienone is 1. The maximum absolute atomic E-state index is 13.7. The largest absolute Gasteiger partial charge is 0.465 e. The average Bonchev–Trinajstić information content (AvgIpc) is 3.17. The third-order valence-corrected chi connectivity index (χ3v) is 6.85. The Bertz CT molecular complexity index is 1510. The van der Waals surface area contributed by atoms with E-state index in [0.717, 1.165) is 16.8 Å². The minimum absolute atomic E-state index is 0.216. The highest BCUT2D eigenvalue weighted by Gasteiger charge is 2.33. The van der Waals surface area contributed by atoms with Gasteiger partial charge in [-0.15, -0.1) is 0 Å². The van der Waals surface area contributed by atoms with Gasteiger partial charge in [0.1, 0.15) is 0 Å². The number of aromatic nitrogens is 1. The summed E-state index contributed by atoms with van der Waals surface area (Å²) in [6, 6.07) is 13.9. The van der Waals surface area contributed by atoms with E-state index in [1.807, 2.05) is 43.3 Å². The molecule has 9 heteroatoms. The number of anilines is 1. The van der Waals surface area contributed by atoms with Crippen LogP contribution in [0.2, 0.25) is 0 Å². The first-order valence-electron chi connectivity index (χ1n) is 11.4. The molecular formula is C27H27N3O5S. The van der Waals surface area contributed by atoms with Crippen molar-refractivity contribution in [1.29, 1.82) is 0 Å². The molecule has 1 aromatic heterocycles. The number of fused-ring (bicyclic) bond motifs is 1. The summed E-state index contributed by atoms with van der Waals surface area (Å²) in [6.07, 6.45) is 1.75. The Kier molecular flexibility index (Phi) is 7.21. The van der Waals surface area contributed by atoms with Gasteiger partial charge in [0.15, 0.2) is 4.80 Å². The monoisotopic (exact) mass is 505 g/mol. The van der Waals surface area contributed by atoms with Crippen LogP contribution in [0.4, 0.5) is 5.69 Å². The summed E-state index contributed by atoms with van der Waals surface area (Å²) in [5.74, 6) is -0.920. The van der Waals surface area contributed by atoms with Gasteiger partial charge in [-0.05, 0) is 55.3 Å². The second kappa shape index (κ2) is 10.3. The van der Waals surface area contributed by atoms with Crippen molar-refractivity contribution >= 4 is 35.0 Å². The lowest BCUT2D eigenvalue weighted by Gasteiger charge is -2.25. The van der Waals surface area contributed by atoms with E-state index in [1.165, 1.54) is 18.4 Å². The van der Waals surface area contributed by atoms with Crippen LogP contribution in [0.5, 0.6) is 0 Å². The molecule has 0 fully saturated rings. The van der Waals surface area contributed by atoms with Crippen LogP contribution in [-0.2, 0) is 14.3 Å². The van der Waals surface area contributed by atoms with E-state index in [1.54, 1.807) is 48.8 Å². The summed E-state index contributed by atoms with van der Waals surface area (Å²) >= 11 is 1.25. The first-order chi connectivity index (χ1) is 17.2. The molecule has 2 aromatic carbocycles. The lowest BCUT2D eigenvalue weighted by molar-refractivity contribution is -0.139. The molecule has 1 aliphatic heterocycles. The Labute approximate surface area is 212 Å². The number of methoxy groups -OCH3 is 1. The molecule has 0 spiro atoms. The van der Waals surface area contributed by atoms with Gasteiger partial charge in [0.25, 0.3) is 5.56 Å². The average molecular weight is 506 g/mol. The number of carbonyl (C=O) groups is 2. The highest BCUT2D eigenvalue weighted by atomic mass is 32.1. The highest BCUT2D eigenvalue weighted by molar-refractivity contribution is 7.07. The molecule has 8 nitrogen and oxygen atoms in total. The lowest BCUT2D eigenvalue weighted by atomic mass is 9.95. The zero-order valence-electron chi connectivity index (χ0n) is 20.8. The summed E-state index contributed by atoms with van der Waals surface area (Å²) in [6.45, 7) is 3.72. The van der Waals surface area contributed by atoms with Crippen LogP contribution in [0.3, 0.4) is 0 Å². The SMILES string of the molecule is CCOC(=O)C1=C(C)N=c2sc(=Cc3ccc(C(=O)OC)cc3)c(=O)n2C1c1ccc(N(C)C)cc1. The Morgan fingerprint density at radius 2 is 1.75 bits per heavy atom. The minimum Gasteiger partial charge on any atom is -0.465 e. The summed E-state index contributed by atoms with van der Waals surface area (Å²) < 4.78 is 12.1. The van der Waals surface area contributed by atoms with E-state index >= 15 is 0 Å². The molecule has 0 N–H and O–H groups in total. The van der Waals surface area contributed by atoms with Gasteiger partial charge in [0.2, 0.25) is 0 Å². The van der Waals surface area contributed by atoms with Gasteiger partial charge >= 0.3 is 11.9 Å². The third kappa shape index (κ3) is 4.74. The number of ether oxygens (including phenoxy) is 2. The third-order valence-electron chi connectivity index (χ3n) is 5.87. The number of carbonyl (C=O) groups excluding carboxylic acids is 2. The highest BCUT2D eigenvalue weighted by Crippen LogP contribution is 2.31. The molecule has 0 aliphatic carbocycles. The molecule has 0 amide bonds. The standard InChI is InChI=1S/C27H27N3O5S/c1-6-35-26(33)22-16(2)28-27-30(23(22)18-11-13-20(14-12-18)29(3)4)24(31)21(36-27)15-17-7-9-19(10-8-17)25(32)34-5/h7-15,23H,6H2,1-5H3. The molecule has 1 unspecified atom stereocenters. The van der Waals surface area contributed by atoms with E-state index < -0.39 is 18.0 Å². The van der Waals surface area contributed by atoms with Crippen LogP contribution in [0.1, 0.15) is 41.4 Å². The summed E-state index contributed by atoms with van der Waals surface area (Å²) in [4.78, 5) is 45.4. The zero-order chi connectivity index (χ0) is 26.0. The van der Waals surface area contributed by atoms with Crippen molar-refractivity contribution in [1.82, 2.24) is 4.57 Å². The predicted molar refractivity (Wildman–Crippen MR) is 139 cm³/mol. The normalized spacial score (nSPS) is 15.2. The van der Waals surface area contributed by atoms with Crippen molar-refractivity contribution in [3.63, 3.8) is 0 Å². The Hall–Kier alpha value is -3.98. The quantitative estimate of drug-likeness (QED) is 0.479. The van der Waals surface area contributed by atoms with Crippen LogP contribution in [0.15, 0.2) is 69.6 Å². The Morgan fingerprint density at radius 3 is 2.33 bits per heavy atom. The molecule has 1 atom stereocenters. The fourth-order valence-corrected chi connectivity index (χ4v) is 5.09. The van der Waals surface area contributed by atoms with Crippen LogP contribution < -0.4 is 19.8 Å². The number of esters is 2. The van der Waals surface area contributed by atoms with Gasteiger partial charge in [-0.3, -0.25) is 9.36 Å². The Balaban J connectivity index is 1.87. The number of hydrogen-bond donors (Lipinski definition) is 0.